The molecule has 0 radical (unpaired) electrons. The van der Waals surface area contributed by atoms with Crippen LogP contribution in [0.4, 0.5) is 11.4 Å². The molecule has 6 nitrogen and oxygen atoms in total. The van der Waals surface area contributed by atoms with Crippen LogP contribution in [-0.4, -0.2) is 26.0 Å². The van der Waals surface area contributed by atoms with Crippen molar-refractivity contribution >= 4 is 29.3 Å². The van der Waals surface area contributed by atoms with Crippen molar-refractivity contribution in [3.8, 4) is 11.5 Å². The van der Waals surface area contributed by atoms with E-state index < -0.39 is 0 Å². The molecule has 0 saturated heterocycles. The monoisotopic (exact) mass is 402 g/mol. The molecule has 3 aromatic carbocycles. The first-order valence-electron chi connectivity index (χ1n) is 9.26. The van der Waals surface area contributed by atoms with Gasteiger partial charge < -0.3 is 20.1 Å². The summed E-state index contributed by atoms with van der Waals surface area (Å²) in [5.74, 6) is 0.524. The summed E-state index contributed by atoms with van der Waals surface area (Å²) >= 11 is 0. The molecule has 30 heavy (non-hydrogen) atoms. The molecule has 2 amide bonds. The lowest BCUT2D eigenvalue weighted by Crippen LogP contribution is -2.12. The molecule has 0 aliphatic carbocycles. The summed E-state index contributed by atoms with van der Waals surface area (Å²) in [5.41, 5.74) is 2.58. The molecule has 0 unspecified atom stereocenters. The zero-order valence-electron chi connectivity index (χ0n) is 16.7. The SMILES string of the molecule is COc1cc(OC)cc(C(=O)Nc2ccc(NC(=O)/C=C/c3ccccc3)cc2)c1. The standard InChI is InChI=1S/C24H22N2O4/c1-29-21-14-18(15-22(16-21)30-2)24(28)26-20-11-9-19(10-12-20)25-23(27)13-8-17-6-4-3-5-7-17/h3-16H,1-2H3,(H,25,27)(H,26,28)/b13-8+. The maximum absolute atomic E-state index is 12.5. The van der Waals surface area contributed by atoms with Crippen molar-refractivity contribution < 1.29 is 19.1 Å². The second kappa shape index (κ2) is 9.93. The summed E-state index contributed by atoms with van der Waals surface area (Å²) in [7, 11) is 3.05. The van der Waals surface area contributed by atoms with E-state index in [2.05, 4.69) is 10.6 Å². The number of hydrogen-bond acceptors (Lipinski definition) is 4. The van der Waals surface area contributed by atoms with Crippen molar-refractivity contribution in [2.75, 3.05) is 24.9 Å². The van der Waals surface area contributed by atoms with Gasteiger partial charge in [0.25, 0.3) is 5.91 Å². The van der Waals surface area contributed by atoms with Gasteiger partial charge in [-0.3, -0.25) is 9.59 Å². The smallest absolute Gasteiger partial charge is 0.255 e. The number of rotatable bonds is 7. The van der Waals surface area contributed by atoms with Crippen LogP contribution >= 0.6 is 0 Å². The van der Waals surface area contributed by atoms with E-state index in [1.54, 1.807) is 48.5 Å². The van der Waals surface area contributed by atoms with Crippen LogP contribution in [0.2, 0.25) is 0 Å². The van der Waals surface area contributed by atoms with E-state index in [0.717, 1.165) is 5.56 Å². The zero-order valence-corrected chi connectivity index (χ0v) is 16.7. The van der Waals surface area contributed by atoms with Crippen LogP contribution < -0.4 is 20.1 Å². The molecule has 0 spiro atoms. The highest BCUT2D eigenvalue weighted by molar-refractivity contribution is 6.05. The molecular formula is C24H22N2O4. The Bertz CT molecular complexity index is 1020. The number of benzene rings is 3. The topological polar surface area (TPSA) is 76.7 Å². The van der Waals surface area contributed by atoms with Crippen molar-refractivity contribution in [1.29, 1.82) is 0 Å². The number of carbonyl (C=O) groups excluding carboxylic acids is 2. The molecule has 0 aliphatic rings. The van der Waals surface area contributed by atoms with Crippen LogP contribution in [0.25, 0.3) is 6.08 Å². The van der Waals surface area contributed by atoms with Gasteiger partial charge in [0, 0.05) is 29.1 Å². The molecule has 2 N–H and O–H groups in total. The third-order valence-electron chi connectivity index (χ3n) is 4.25. The van der Waals surface area contributed by atoms with Gasteiger partial charge in [-0.25, -0.2) is 0 Å². The molecule has 3 aromatic rings. The highest BCUT2D eigenvalue weighted by Crippen LogP contribution is 2.23. The average Bonchev–Trinajstić information content (AvgIpc) is 2.79. The largest absolute Gasteiger partial charge is 0.497 e. The average molecular weight is 402 g/mol. The molecule has 0 atom stereocenters. The van der Waals surface area contributed by atoms with Crippen LogP contribution in [0.15, 0.2) is 78.9 Å². The van der Waals surface area contributed by atoms with E-state index in [9.17, 15) is 9.59 Å². The summed E-state index contributed by atoms with van der Waals surface area (Å²) in [6.07, 6.45) is 3.22. The van der Waals surface area contributed by atoms with Crippen molar-refractivity contribution in [2.45, 2.75) is 0 Å². The highest BCUT2D eigenvalue weighted by atomic mass is 16.5. The fourth-order valence-electron chi connectivity index (χ4n) is 2.70. The Balaban J connectivity index is 1.61. The maximum Gasteiger partial charge on any atom is 0.255 e. The van der Waals surface area contributed by atoms with Gasteiger partial charge in [-0.2, -0.15) is 0 Å². The van der Waals surface area contributed by atoms with E-state index in [0.29, 0.717) is 28.4 Å². The first-order valence-corrected chi connectivity index (χ1v) is 9.26. The number of anilines is 2. The molecular weight excluding hydrogens is 380 g/mol. The van der Waals surface area contributed by atoms with Crippen molar-refractivity contribution in [1.82, 2.24) is 0 Å². The fourth-order valence-corrected chi connectivity index (χ4v) is 2.70. The number of carbonyl (C=O) groups is 2. The Morgan fingerprint density at radius 1 is 0.767 bits per heavy atom. The van der Waals surface area contributed by atoms with Gasteiger partial charge in [0.05, 0.1) is 14.2 Å². The Morgan fingerprint density at radius 3 is 1.90 bits per heavy atom. The third kappa shape index (κ3) is 5.72. The Labute approximate surface area is 175 Å². The van der Waals surface area contributed by atoms with Gasteiger partial charge in [0.2, 0.25) is 5.91 Å². The lowest BCUT2D eigenvalue weighted by atomic mass is 10.1. The van der Waals surface area contributed by atoms with Gasteiger partial charge in [-0.05, 0) is 48.0 Å². The van der Waals surface area contributed by atoms with Crippen LogP contribution in [0.1, 0.15) is 15.9 Å². The third-order valence-corrected chi connectivity index (χ3v) is 4.25. The summed E-state index contributed by atoms with van der Waals surface area (Å²) in [6, 6.07) is 21.4. The number of hydrogen-bond donors (Lipinski definition) is 2. The second-order valence-corrected chi connectivity index (χ2v) is 6.37. The summed E-state index contributed by atoms with van der Waals surface area (Å²) in [4.78, 5) is 24.6. The molecule has 0 aromatic heterocycles. The van der Waals surface area contributed by atoms with Gasteiger partial charge in [-0.15, -0.1) is 0 Å². The lowest BCUT2D eigenvalue weighted by molar-refractivity contribution is -0.111. The minimum absolute atomic E-state index is 0.237. The van der Waals surface area contributed by atoms with Gasteiger partial charge in [0.1, 0.15) is 11.5 Å². The Kier molecular flexibility index (Phi) is 6.84. The molecule has 0 saturated carbocycles. The normalized spacial score (nSPS) is 10.5. The van der Waals surface area contributed by atoms with Crippen LogP contribution in [0.3, 0.4) is 0 Å². The molecule has 6 heteroatoms. The summed E-state index contributed by atoms with van der Waals surface area (Å²) < 4.78 is 10.4. The first kappa shape index (κ1) is 20.7. The number of methoxy groups -OCH3 is 2. The molecule has 0 bridgehead atoms. The van der Waals surface area contributed by atoms with E-state index in [-0.39, 0.29) is 11.8 Å². The predicted molar refractivity (Wildman–Crippen MR) is 118 cm³/mol. The summed E-state index contributed by atoms with van der Waals surface area (Å²) in [6.45, 7) is 0. The van der Waals surface area contributed by atoms with Gasteiger partial charge in [-0.1, -0.05) is 30.3 Å². The zero-order chi connectivity index (χ0) is 21.3. The van der Waals surface area contributed by atoms with Gasteiger partial charge in [0.15, 0.2) is 0 Å². The molecule has 0 fully saturated rings. The first-order chi connectivity index (χ1) is 14.6. The fraction of sp³-hybridized carbons (Fsp3) is 0.0833. The van der Waals surface area contributed by atoms with E-state index in [4.69, 9.17) is 9.47 Å². The van der Waals surface area contributed by atoms with Crippen LogP contribution in [0.5, 0.6) is 11.5 Å². The Morgan fingerprint density at radius 2 is 1.33 bits per heavy atom. The lowest BCUT2D eigenvalue weighted by Gasteiger charge is -2.10. The van der Waals surface area contributed by atoms with Gasteiger partial charge >= 0.3 is 0 Å². The quantitative estimate of drug-likeness (QED) is 0.566. The summed E-state index contributed by atoms with van der Waals surface area (Å²) in [5, 5.41) is 5.59. The van der Waals surface area contributed by atoms with Crippen molar-refractivity contribution in [2.24, 2.45) is 0 Å². The molecule has 0 heterocycles. The Hall–Kier alpha value is -4.06. The maximum atomic E-state index is 12.5. The number of nitrogens with one attached hydrogen (secondary N) is 2. The predicted octanol–water partition coefficient (Wildman–Crippen LogP) is 4.61. The van der Waals surface area contributed by atoms with Crippen LogP contribution in [0, 0.1) is 0 Å². The second-order valence-electron chi connectivity index (χ2n) is 6.37. The van der Waals surface area contributed by atoms with E-state index >= 15 is 0 Å². The molecule has 152 valence electrons. The molecule has 3 rings (SSSR count). The van der Waals surface area contributed by atoms with Crippen molar-refractivity contribution in [3.63, 3.8) is 0 Å². The minimum Gasteiger partial charge on any atom is -0.497 e. The van der Waals surface area contributed by atoms with Crippen molar-refractivity contribution in [3.05, 3.63) is 90.0 Å². The van der Waals surface area contributed by atoms with Crippen LogP contribution in [-0.2, 0) is 4.79 Å². The van der Waals surface area contributed by atoms with E-state index in [1.807, 2.05) is 30.3 Å². The number of ether oxygens (including phenoxy) is 2. The number of amides is 2. The highest BCUT2D eigenvalue weighted by Gasteiger charge is 2.10. The molecule has 0 aliphatic heterocycles. The van der Waals surface area contributed by atoms with E-state index in [1.165, 1.54) is 20.3 Å². The minimum atomic E-state index is -0.296.